The lowest BCUT2D eigenvalue weighted by Gasteiger charge is -1.90. The van der Waals surface area contributed by atoms with Gasteiger partial charge >= 0.3 is 5.97 Å². The van der Waals surface area contributed by atoms with E-state index in [1.54, 1.807) is 6.07 Å². The maximum absolute atomic E-state index is 11.0. The van der Waals surface area contributed by atoms with Gasteiger partial charge in [-0.2, -0.15) is 5.26 Å². The zero-order valence-electron chi connectivity index (χ0n) is 6.73. The van der Waals surface area contributed by atoms with Crippen LogP contribution in [0.2, 0.25) is 0 Å². The van der Waals surface area contributed by atoms with E-state index in [0.29, 0.717) is 14.8 Å². The Morgan fingerprint density at radius 3 is 3.08 bits per heavy atom. The fourth-order valence-electron chi connectivity index (χ4n) is 0.719. The standard InChI is InChI=1S/C7H6N2O2S2/c1-11-7(10)5-2-4(12-3-8)6(9)13-5/h2H,9H2,1H3. The maximum Gasteiger partial charge on any atom is 0.348 e. The van der Waals surface area contributed by atoms with E-state index >= 15 is 0 Å². The van der Waals surface area contributed by atoms with Crippen LogP contribution in [0.15, 0.2) is 11.0 Å². The van der Waals surface area contributed by atoms with Gasteiger partial charge in [0.05, 0.1) is 12.0 Å². The number of methoxy groups -OCH3 is 1. The van der Waals surface area contributed by atoms with E-state index in [2.05, 4.69) is 4.74 Å². The van der Waals surface area contributed by atoms with Gasteiger partial charge in [0.1, 0.15) is 15.3 Å². The molecule has 0 spiro atoms. The largest absolute Gasteiger partial charge is 0.465 e. The van der Waals surface area contributed by atoms with Gasteiger partial charge in [0.25, 0.3) is 0 Å². The Morgan fingerprint density at radius 1 is 1.85 bits per heavy atom. The predicted molar refractivity (Wildman–Crippen MR) is 51.5 cm³/mol. The van der Waals surface area contributed by atoms with Crippen LogP contribution in [0.3, 0.4) is 0 Å². The highest BCUT2D eigenvalue weighted by molar-refractivity contribution is 8.04. The molecular weight excluding hydrogens is 208 g/mol. The summed E-state index contributed by atoms with van der Waals surface area (Å²) in [5, 5.41) is 10.7. The molecule has 0 amide bonds. The molecule has 1 aromatic rings. The lowest BCUT2D eigenvalue weighted by molar-refractivity contribution is 0.0606. The van der Waals surface area contributed by atoms with Crippen molar-refractivity contribution in [2.45, 2.75) is 4.90 Å². The predicted octanol–water partition coefficient (Wildman–Crippen LogP) is 1.69. The van der Waals surface area contributed by atoms with E-state index in [1.807, 2.05) is 5.40 Å². The zero-order valence-corrected chi connectivity index (χ0v) is 8.37. The lowest BCUT2D eigenvalue weighted by Crippen LogP contribution is -1.96. The van der Waals surface area contributed by atoms with Crippen LogP contribution in [0, 0.1) is 10.7 Å². The van der Waals surface area contributed by atoms with Gasteiger partial charge in [-0.15, -0.1) is 11.3 Å². The number of nitrogens with two attached hydrogens (primary N) is 1. The van der Waals surface area contributed by atoms with Crippen LogP contribution in [0.5, 0.6) is 0 Å². The fourth-order valence-corrected chi connectivity index (χ4v) is 2.16. The summed E-state index contributed by atoms with van der Waals surface area (Å²) in [7, 11) is 1.30. The fraction of sp³-hybridized carbons (Fsp3) is 0.143. The number of nitriles is 1. The molecular formula is C7H6N2O2S2. The number of esters is 1. The number of carbonyl (C=O) groups excluding carboxylic acids is 1. The van der Waals surface area contributed by atoms with Crippen molar-refractivity contribution in [2.75, 3.05) is 12.8 Å². The number of hydrogen-bond acceptors (Lipinski definition) is 6. The van der Waals surface area contributed by atoms with Crippen molar-refractivity contribution in [3.05, 3.63) is 10.9 Å². The Bertz CT molecular complexity index is 367. The van der Waals surface area contributed by atoms with Crippen LogP contribution < -0.4 is 5.73 Å². The molecule has 0 unspecified atom stereocenters. The van der Waals surface area contributed by atoms with E-state index in [9.17, 15) is 4.79 Å². The molecule has 0 aliphatic heterocycles. The molecule has 68 valence electrons. The molecule has 0 aliphatic rings. The first-order valence-electron chi connectivity index (χ1n) is 3.22. The van der Waals surface area contributed by atoms with Crippen LogP contribution in [0.1, 0.15) is 9.67 Å². The van der Waals surface area contributed by atoms with Gasteiger partial charge in [0.15, 0.2) is 0 Å². The maximum atomic E-state index is 11.0. The van der Waals surface area contributed by atoms with Crippen molar-refractivity contribution in [2.24, 2.45) is 0 Å². The van der Waals surface area contributed by atoms with Crippen LogP contribution in [0.4, 0.5) is 5.00 Å². The summed E-state index contributed by atoms with van der Waals surface area (Å²) < 4.78 is 4.51. The lowest BCUT2D eigenvalue weighted by atomic mass is 10.5. The average molecular weight is 214 g/mol. The third kappa shape index (κ3) is 2.14. The molecule has 6 heteroatoms. The van der Waals surface area contributed by atoms with Gasteiger partial charge < -0.3 is 10.5 Å². The molecule has 1 aromatic heterocycles. The van der Waals surface area contributed by atoms with Gasteiger partial charge in [-0.1, -0.05) is 0 Å². The van der Waals surface area contributed by atoms with Gasteiger partial charge in [0.2, 0.25) is 0 Å². The minimum atomic E-state index is -0.429. The summed E-state index contributed by atoms with van der Waals surface area (Å²) in [6.07, 6.45) is 0. The molecule has 1 heterocycles. The number of ether oxygens (including phenoxy) is 1. The Kier molecular flexibility index (Phi) is 3.17. The molecule has 0 fully saturated rings. The Hall–Kier alpha value is -1.19. The summed E-state index contributed by atoms with van der Waals surface area (Å²) in [6, 6.07) is 1.56. The van der Waals surface area contributed by atoms with E-state index in [0.717, 1.165) is 23.1 Å². The molecule has 0 atom stereocenters. The van der Waals surface area contributed by atoms with Crippen LogP contribution >= 0.6 is 23.1 Å². The highest BCUT2D eigenvalue weighted by Gasteiger charge is 2.13. The smallest absolute Gasteiger partial charge is 0.348 e. The first-order chi connectivity index (χ1) is 6.19. The Balaban J connectivity index is 2.96. The minimum absolute atomic E-state index is 0.415. The number of carbonyl (C=O) groups is 1. The van der Waals surface area contributed by atoms with Crippen molar-refractivity contribution in [3.63, 3.8) is 0 Å². The summed E-state index contributed by atoms with van der Waals surface area (Å²) in [5.41, 5.74) is 5.56. The van der Waals surface area contributed by atoms with Crippen molar-refractivity contribution in [3.8, 4) is 5.40 Å². The third-order valence-electron chi connectivity index (χ3n) is 1.27. The number of thiocyanates is 1. The van der Waals surface area contributed by atoms with Gasteiger partial charge in [-0.05, 0) is 17.8 Å². The molecule has 0 bridgehead atoms. The molecule has 0 aliphatic carbocycles. The molecule has 0 radical (unpaired) electrons. The van der Waals surface area contributed by atoms with Gasteiger partial charge in [-0.3, -0.25) is 0 Å². The molecule has 0 saturated heterocycles. The van der Waals surface area contributed by atoms with Gasteiger partial charge in [-0.25, -0.2) is 4.79 Å². The Labute approximate surface area is 83.3 Å². The Morgan fingerprint density at radius 2 is 2.54 bits per heavy atom. The molecule has 4 nitrogen and oxygen atoms in total. The number of thiophene rings is 1. The van der Waals surface area contributed by atoms with Crippen molar-refractivity contribution in [1.82, 2.24) is 0 Å². The summed E-state index contributed by atoms with van der Waals surface area (Å²) in [4.78, 5) is 12.0. The SMILES string of the molecule is COC(=O)c1cc(SC#N)c(N)s1. The monoisotopic (exact) mass is 214 g/mol. The number of rotatable bonds is 2. The van der Waals surface area contributed by atoms with E-state index in [1.165, 1.54) is 7.11 Å². The molecule has 1 rings (SSSR count). The number of nitrogen functional groups attached to an aromatic ring is 1. The van der Waals surface area contributed by atoms with Crippen molar-refractivity contribution in [1.29, 1.82) is 5.26 Å². The second kappa shape index (κ2) is 4.16. The van der Waals surface area contributed by atoms with Gasteiger partial charge in [0, 0.05) is 0 Å². The zero-order chi connectivity index (χ0) is 9.84. The average Bonchev–Trinajstić information content (AvgIpc) is 2.47. The number of hydrogen-bond donors (Lipinski definition) is 1. The van der Waals surface area contributed by atoms with E-state index in [-0.39, 0.29) is 0 Å². The second-order valence-corrected chi connectivity index (χ2v) is 3.93. The number of thioether (sulfide) groups is 1. The first-order valence-corrected chi connectivity index (χ1v) is 4.86. The minimum Gasteiger partial charge on any atom is -0.465 e. The molecule has 0 aromatic carbocycles. The number of nitrogens with zero attached hydrogens (tertiary/aromatic N) is 1. The highest BCUT2D eigenvalue weighted by atomic mass is 32.2. The summed E-state index contributed by atoms with van der Waals surface area (Å²) >= 11 is 2.05. The third-order valence-corrected chi connectivity index (χ3v) is 2.99. The van der Waals surface area contributed by atoms with Crippen molar-refractivity contribution < 1.29 is 9.53 Å². The van der Waals surface area contributed by atoms with Crippen LogP contribution in [-0.4, -0.2) is 13.1 Å². The van der Waals surface area contributed by atoms with Crippen molar-refractivity contribution >= 4 is 34.1 Å². The summed E-state index contributed by atoms with van der Waals surface area (Å²) in [6.45, 7) is 0. The van der Waals surface area contributed by atoms with Crippen LogP contribution in [0.25, 0.3) is 0 Å². The quantitative estimate of drug-likeness (QED) is 0.460. The first kappa shape index (κ1) is 9.89. The normalized spacial score (nSPS) is 9.23. The molecule has 13 heavy (non-hydrogen) atoms. The number of anilines is 1. The topological polar surface area (TPSA) is 76.1 Å². The molecule has 0 saturated carbocycles. The van der Waals surface area contributed by atoms with E-state index in [4.69, 9.17) is 11.0 Å². The highest BCUT2D eigenvalue weighted by Crippen LogP contribution is 2.32. The summed E-state index contributed by atoms with van der Waals surface area (Å²) in [5.74, 6) is -0.429. The molecule has 2 N–H and O–H groups in total. The van der Waals surface area contributed by atoms with Crippen LogP contribution in [-0.2, 0) is 4.74 Å². The second-order valence-electron chi connectivity index (χ2n) is 2.02. The van der Waals surface area contributed by atoms with E-state index < -0.39 is 5.97 Å².